The Morgan fingerprint density at radius 2 is 1.57 bits per heavy atom. The summed E-state index contributed by atoms with van der Waals surface area (Å²) in [7, 11) is -3.68. The highest BCUT2D eigenvalue weighted by Crippen LogP contribution is 2.23. The number of rotatable bonds is 6. The average molecular weight is 417 g/mol. The number of sulfone groups is 1. The first-order valence-corrected chi connectivity index (χ1v) is 10.4. The zero-order chi connectivity index (χ0) is 20.1. The lowest BCUT2D eigenvalue weighted by molar-refractivity contribution is 0.0948. The van der Waals surface area contributed by atoms with E-state index in [2.05, 4.69) is 15.4 Å². The third-order valence-electron chi connectivity index (χ3n) is 3.84. The molecule has 1 N–H and O–H groups in total. The van der Waals surface area contributed by atoms with E-state index in [4.69, 9.17) is 11.6 Å². The first kappa shape index (κ1) is 19.8. The van der Waals surface area contributed by atoms with E-state index in [1.54, 1.807) is 5.01 Å². The van der Waals surface area contributed by atoms with E-state index in [1.807, 2.05) is 60.7 Å². The van der Waals surface area contributed by atoms with Crippen LogP contribution >= 0.6 is 11.6 Å². The number of carbonyl (C=O) groups is 1. The first-order chi connectivity index (χ1) is 13.4. The molecule has 0 radical (unpaired) electrons. The Labute approximate surface area is 167 Å². The second kappa shape index (κ2) is 8.37. The predicted octanol–water partition coefficient (Wildman–Crippen LogP) is 3.41. The molecule has 0 aliphatic rings. The summed E-state index contributed by atoms with van der Waals surface area (Å²) in [6.07, 6.45) is 1.11. The number of amides is 1. The van der Waals surface area contributed by atoms with Crippen LogP contribution in [0.4, 0.5) is 11.4 Å². The van der Waals surface area contributed by atoms with Gasteiger partial charge in [0.05, 0.1) is 28.3 Å². The smallest absolute Gasteiger partial charge is 0.266 e. The van der Waals surface area contributed by atoms with Gasteiger partial charge in [-0.3, -0.25) is 15.2 Å². The van der Waals surface area contributed by atoms with Gasteiger partial charge in [-0.15, -0.1) is 0 Å². The molecule has 2 aromatic carbocycles. The van der Waals surface area contributed by atoms with Gasteiger partial charge in [-0.05, 0) is 24.3 Å². The van der Waals surface area contributed by atoms with Gasteiger partial charge in [0.2, 0.25) is 15.0 Å². The van der Waals surface area contributed by atoms with Gasteiger partial charge in [0, 0.05) is 0 Å². The Morgan fingerprint density at radius 3 is 2.07 bits per heavy atom. The fraction of sp³-hybridized carbons (Fsp3) is 0.105. The van der Waals surface area contributed by atoms with Crippen molar-refractivity contribution in [3.63, 3.8) is 0 Å². The summed E-state index contributed by atoms with van der Waals surface area (Å²) in [5.41, 5.74) is 3.91. The third-order valence-corrected chi connectivity index (χ3v) is 5.63. The van der Waals surface area contributed by atoms with Gasteiger partial charge in [-0.2, -0.15) is 0 Å². The lowest BCUT2D eigenvalue weighted by atomic mass is 10.2. The SMILES string of the molecule is CCS(=O)(=O)c1ncc(Cl)c(C(=O)NN(c2ccccc2)c2ccccc2)n1. The molecule has 0 atom stereocenters. The van der Waals surface area contributed by atoms with E-state index in [1.165, 1.54) is 6.92 Å². The molecule has 9 heteroatoms. The Kier molecular flexibility index (Phi) is 5.91. The second-order valence-electron chi connectivity index (χ2n) is 5.70. The molecule has 3 aromatic rings. The van der Waals surface area contributed by atoms with E-state index in [9.17, 15) is 13.2 Å². The fourth-order valence-corrected chi connectivity index (χ4v) is 3.25. The van der Waals surface area contributed by atoms with Gasteiger partial charge >= 0.3 is 0 Å². The summed E-state index contributed by atoms with van der Waals surface area (Å²) in [6.45, 7) is 1.47. The van der Waals surface area contributed by atoms with Crippen molar-refractivity contribution >= 4 is 38.7 Å². The minimum atomic E-state index is -3.68. The number of benzene rings is 2. The van der Waals surface area contributed by atoms with Crippen LogP contribution in [0.3, 0.4) is 0 Å². The standard InChI is InChI=1S/C19H17ClN4O3S/c1-2-28(26,27)19-21-13-16(20)17(22-19)18(25)23-24(14-9-5-3-6-10-14)15-11-7-4-8-12-15/h3-13H,2H2,1H3,(H,23,25). The van der Waals surface area contributed by atoms with Gasteiger partial charge in [0.1, 0.15) is 0 Å². The molecular formula is C19H17ClN4O3S. The third kappa shape index (κ3) is 4.29. The maximum Gasteiger partial charge on any atom is 0.290 e. The van der Waals surface area contributed by atoms with Gasteiger partial charge in [0.15, 0.2) is 5.69 Å². The average Bonchev–Trinajstić information content (AvgIpc) is 2.73. The zero-order valence-corrected chi connectivity index (χ0v) is 16.5. The van der Waals surface area contributed by atoms with Gasteiger partial charge in [0.25, 0.3) is 5.91 Å². The number of hydrogen-bond acceptors (Lipinski definition) is 6. The van der Waals surface area contributed by atoms with Crippen LogP contribution in [0.5, 0.6) is 0 Å². The summed E-state index contributed by atoms with van der Waals surface area (Å²) in [5, 5.41) is 1.08. The molecule has 7 nitrogen and oxygen atoms in total. The largest absolute Gasteiger partial charge is 0.290 e. The molecule has 1 amide bonds. The highest BCUT2D eigenvalue weighted by atomic mass is 35.5. The van der Waals surface area contributed by atoms with E-state index in [0.29, 0.717) is 11.4 Å². The Balaban J connectivity index is 1.98. The second-order valence-corrected chi connectivity index (χ2v) is 8.28. The van der Waals surface area contributed by atoms with Crippen LogP contribution in [0.25, 0.3) is 0 Å². The van der Waals surface area contributed by atoms with Gasteiger partial charge < -0.3 is 0 Å². The summed E-state index contributed by atoms with van der Waals surface area (Å²) >= 11 is 6.06. The number of aromatic nitrogens is 2. The van der Waals surface area contributed by atoms with Gasteiger partial charge in [-0.25, -0.2) is 18.4 Å². The van der Waals surface area contributed by atoms with E-state index < -0.39 is 20.9 Å². The molecular weight excluding hydrogens is 400 g/mol. The number of para-hydroxylation sites is 2. The number of carbonyl (C=O) groups excluding carboxylic acids is 1. The topological polar surface area (TPSA) is 92.3 Å². The first-order valence-electron chi connectivity index (χ1n) is 8.39. The molecule has 0 saturated carbocycles. The van der Waals surface area contributed by atoms with Crippen molar-refractivity contribution in [2.45, 2.75) is 12.1 Å². The Hall–Kier alpha value is -2.97. The monoisotopic (exact) mass is 416 g/mol. The normalized spacial score (nSPS) is 11.1. The minimum Gasteiger partial charge on any atom is -0.266 e. The highest BCUT2D eigenvalue weighted by Gasteiger charge is 2.22. The van der Waals surface area contributed by atoms with Crippen molar-refractivity contribution in [1.29, 1.82) is 0 Å². The van der Waals surface area contributed by atoms with Crippen molar-refractivity contribution < 1.29 is 13.2 Å². The summed E-state index contributed by atoms with van der Waals surface area (Å²) in [5.74, 6) is -0.844. The molecule has 0 bridgehead atoms. The number of hydrogen-bond donors (Lipinski definition) is 1. The number of hydrazine groups is 1. The molecule has 0 saturated heterocycles. The predicted molar refractivity (Wildman–Crippen MR) is 107 cm³/mol. The van der Waals surface area contributed by atoms with Crippen LogP contribution in [0.1, 0.15) is 17.4 Å². The zero-order valence-electron chi connectivity index (χ0n) is 14.9. The van der Waals surface area contributed by atoms with E-state index in [-0.39, 0.29) is 16.5 Å². The molecule has 0 unspecified atom stereocenters. The number of nitrogens with one attached hydrogen (secondary N) is 1. The molecule has 1 heterocycles. The number of nitrogens with zero attached hydrogens (tertiary/aromatic N) is 3. The maximum absolute atomic E-state index is 12.9. The maximum atomic E-state index is 12.9. The highest BCUT2D eigenvalue weighted by molar-refractivity contribution is 7.91. The van der Waals surface area contributed by atoms with Crippen molar-refractivity contribution in [2.75, 3.05) is 10.8 Å². The van der Waals surface area contributed by atoms with Crippen molar-refractivity contribution in [3.05, 3.63) is 77.6 Å². The minimum absolute atomic E-state index is 0.0476. The molecule has 144 valence electrons. The summed E-state index contributed by atoms with van der Waals surface area (Å²) < 4.78 is 24.1. The van der Waals surface area contributed by atoms with Crippen molar-refractivity contribution in [1.82, 2.24) is 15.4 Å². The van der Waals surface area contributed by atoms with Crippen molar-refractivity contribution in [2.24, 2.45) is 0 Å². The van der Waals surface area contributed by atoms with E-state index >= 15 is 0 Å². The number of anilines is 2. The van der Waals surface area contributed by atoms with Crippen LogP contribution in [0, 0.1) is 0 Å². The Morgan fingerprint density at radius 1 is 1.04 bits per heavy atom. The van der Waals surface area contributed by atoms with Crippen LogP contribution in [-0.2, 0) is 9.84 Å². The summed E-state index contributed by atoms with van der Waals surface area (Å²) in [4.78, 5) is 20.5. The molecule has 0 fully saturated rings. The van der Waals surface area contributed by atoms with Crippen LogP contribution in [0.15, 0.2) is 72.0 Å². The lowest BCUT2D eigenvalue weighted by Crippen LogP contribution is -2.39. The quantitative estimate of drug-likeness (QED) is 0.489. The molecule has 0 aliphatic heterocycles. The molecule has 28 heavy (non-hydrogen) atoms. The number of halogens is 1. The van der Waals surface area contributed by atoms with E-state index in [0.717, 1.165) is 6.20 Å². The molecule has 0 spiro atoms. The van der Waals surface area contributed by atoms with Crippen LogP contribution < -0.4 is 10.4 Å². The lowest BCUT2D eigenvalue weighted by Gasteiger charge is -2.25. The van der Waals surface area contributed by atoms with Gasteiger partial charge in [-0.1, -0.05) is 54.9 Å². The van der Waals surface area contributed by atoms with Crippen molar-refractivity contribution in [3.8, 4) is 0 Å². The molecule has 3 rings (SSSR count). The summed E-state index contributed by atoms with van der Waals surface area (Å²) in [6, 6.07) is 18.3. The molecule has 0 aliphatic carbocycles. The fourth-order valence-electron chi connectivity index (χ4n) is 2.38. The molecule has 1 aromatic heterocycles. The van der Waals surface area contributed by atoms with Crippen LogP contribution in [-0.4, -0.2) is 30.0 Å². The van der Waals surface area contributed by atoms with Crippen LogP contribution in [0.2, 0.25) is 5.02 Å². The Bertz CT molecular complexity index is 1040.